The van der Waals surface area contributed by atoms with Crippen LogP contribution in [0.1, 0.15) is 75.2 Å². The van der Waals surface area contributed by atoms with Crippen molar-refractivity contribution in [1.82, 2.24) is 25.0 Å². The molecule has 3 heterocycles. The molecular weight excluding hydrogens is 428 g/mol. The highest BCUT2D eigenvalue weighted by Crippen LogP contribution is 2.40. The smallest absolute Gasteiger partial charge is 0.158 e. The zero-order chi connectivity index (χ0) is 23.1. The fraction of sp³-hybridized carbons (Fsp3) is 0.522. The van der Waals surface area contributed by atoms with Gasteiger partial charge in [0.1, 0.15) is 5.69 Å². The molecule has 0 aliphatic heterocycles. The van der Waals surface area contributed by atoms with E-state index in [-0.39, 0.29) is 5.54 Å². The lowest BCUT2D eigenvalue weighted by Crippen LogP contribution is -2.52. The summed E-state index contributed by atoms with van der Waals surface area (Å²) >= 11 is 8.22. The standard InChI is InChI=1S/C23H33ClN6S/c1-9-15(10-2)16-11-13(3)28-29-19(14(4)27-22(16)29)20-17(24)12-18(31-20)21(25)30(26-8)23(5,6)7/h11-12,15,25-26H,9-10H2,1-8H3. The summed E-state index contributed by atoms with van der Waals surface area (Å²) in [7, 11) is 1.83. The van der Waals surface area contributed by atoms with Crippen molar-refractivity contribution in [1.29, 1.82) is 5.41 Å². The van der Waals surface area contributed by atoms with E-state index in [2.05, 4.69) is 46.1 Å². The van der Waals surface area contributed by atoms with Crippen LogP contribution in [0, 0.1) is 19.3 Å². The summed E-state index contributed by atoms with van der Waals surface area (Å²) in [6.45, 7) is 14.7. The number of hydrogen-bond donors (Lipinski definition) is 2. The van der Waals surface area contributed by atoms with E-state index in [4.69, 9.17) is 27.1 Å². The first-order valence-corrected chi connectivity index (χ1v) is 12.0. The summed E-state index contributed by atoms with van der Waals surface area (Å²) in [5, 5.41) is 16.0. The Morgan fingerprint density at radius 3 is 2.45 bits per heavy atom. The maximum atomic E-state index is 8.75. The molecule has 3 aromatic heterocycles. The molecule has 0 saturated carbocycles. The van der Waals surface area contributed by atoms with E-state index >= 15 is 0 Å². The van der Waals surface area contributed by atoms with Crippen LogP contribution in [0.4, 0.5) is 0 Å². The van der Waals surface area contributed by atoms with Crippen molar-refractivity contribution in [3.05, 3.63) is 39.0 Å². The maximum Gasteiger partial charge on any atom is 0.158 e. The first kappa shape index (κ1) is 23.7. The molecule has 0 aliphatic rings. The van der Waals surface area contributed by atoms with Crippen molar-refractivity contribution in [3.63, 3.8) is 0 Å². The third-order valence-electron chi connectivity index (χ3n) is 5.59. The molecule has 0 aliphatic carbocycles. The first-order valence-electron chi connectivity index (χ1n) is 10.8. The minimum atomic E-state index is -0.245. The van der Waals surface area contributed by atoms with Gasteiger partial charge in [0.05, 0.1) is 26.2 Å². The van der Waals surface area contributed by atoms with Crippen LogP contribution < -0.4 is 5.43 Å². The quantitative estimate of drug-likeness (QED) is 0.261. The zero-order valence-corrected chi connectivity index (χ0v) is 21.3. The number of nitrogens with one attached hydrogen (secondary N) is 2. The van der Waals surface area contributed by atoms with Crippen LogP contribution in [0.25, 0.3) is 16.2 Å². The molecule has 168 valence electrons. The highest BCUT2D eigenvalue weighted by molar-refractivity contribution is 7.18. The first-order chi connectivity index (χ1) is 14.5. The second-order valence-corrected chi connectivity index (χ2v) is 10.4. The molecule has 0 atom stereocenters. The van der Waals surface area contributed by atoms with Crippen LogP contribution >= 0.6 is 22.9 Å². The van der Waals surface area contributed by atoms with Crippen molar-refractivity contribution >= 4 is 34.4 Å². The van der Waals surface area contributed by atoms with Gasteiger partial charge in [-0.15, -0.1) is 11.3 Å². The van der Waals surface area contributed by atoms with E-state index in [9.17, 15) is 0 Å². The number of imidazole rings is 1. The Kier molecular flexibility index (Phi) is 6.79. The number of hydrazine groups is 1. The molecule has 0 spiro atoms. The fourth-order valence-corrected chi connectivity index (χ4v) is 5.56. The van der Waals surface area contributed by atoms with Gasteiger partial charge in [0.2, 0.25) is 0 Å². The van der Waals surface area contributed by atoms with Crippen LogP contribution in [0.5, 0.6) is 0 Å². The van der Waals surface area contributed by atoms with Crippen LogP contribution in [0.2, 0.25) is 5.02 Å². The number of thiophene rings is 1. The van der Waals surface area contributed by atoms with E-state index in [0.29, 0.717) is 16.8 Å². The number of aryl methyl sites for hydroxylation is 2. The minimum Gasteiger partial charge on any atom is -0.286 e. The molecular formula is C23H33ClN6S. The monoisotopic (exact) mass is 460 g/mol. The number of amidine groups is 1. The summed E-state index contributed by atoms with van der Waals surface area (Å²) < 4.78 is 1.95. The third kappa shape index (κ3) is 4.36. The third-order valence-corrected chi connectivity index (χ3v) is 7.15. The number of hydrogen-bond acceptors (Lipinski definition) is 5. The van der Waals surface area contributed by atoms with E-state index in [1.807, 2.05) is 36.5 Å². The van der Waals surface area contributed by atoms with Gasteiger partial charge in [-0.25, -0.2) is 14.9 Å². The predicted octanol–water partition coefficient (Wildman–Crippen LogP) is 6.19. The van der Waals surface area contributed by atoms with Gasteiger partial charge in [-0.3, -0.25) is 10.4 Å². The fourth-order valence-electron chi connectivity index (χ4n) is 4.11. The largest absolute Gasteiger partial charge is 0.286 e. The summed E-state index contributed by atoms with van der Waals surface area (Å²) in [5.74, 6) is 0.832. The molecule has 6 nitrogen and oxygen atoms in total. The summed E-state index contributed by atoms with van der Waals surface area (Å²) in [6, 6.07) is 4.03. The molecule has 0 saturated heterocycles. The number of nitrogens with zero attached hydrogens (tertiary/aromatic N) is 4. The Hall–Kier alpha value is -1.96. The lowest BCUT2D eigenvalue weighted by Gasteiger charge is -2.36. The highest BCUT2D eigenvalue weighted by Gasteiger charge is 2.27. The van der Waals surface area contributed by atoms with Crippen LogP contribution in [-0.2, 0) is 0 Å². The molecule has 3 aromatic rings. The van der Waals surface area contributed by atoms with Crippen molar-refractivity contribution < 1.29 is 0 Å². The minimum absolute atomic E-state index is 0.245. The van der Waals surface area contributed by atoms with Crippen LogP contribution in [0.15, 0.2) is 12.1 Å². The van der Waals surface area contributed by atoms with E-state index in [0.717, 1.165) is 45.3 Å². The number of aromatic nitrogens is 3. The Labute approximate surface area is 194 Å². The van der Waals surface area contributed by atoms with Crippen molar-refractivity contribution in [3.8, 4) is 10.6 Å². The van der Waals surface area contributed by atoms with Gasteiger partial charge < -0.3 is 0 Å². The number of fused-ring (bicyclic) bond motifs is 1. The molecule has 0 fully saturated rings. The Morgan fingerprint density at radius 2 is 1.90 bits per heavy atom. The zero-order valence-electron chi connectivity index (χ0n) is 19.7. The van der Waals surface area contributed by atoms with E-state index in [1.165, 1.54) is 16.9 Å². The molecule has 0 unspecified atom stereocenters. The van der Waals surface area contributed by atoms with E-state index in [1.54, 1.807) is 0 Å². The van der Waals surface area contributed by atoms with Gasteiger partial charge in [-0.05, 0) is 65.5 Å². The van der Waals surface area contributed by atoms with Gasteiger partial charge in [0, 0.05) is 18.2 Å². The Balaban J connectivity index is 2.18. The van der Waals surface area contributed by atoms with Crippen LogP contribution in [-0.4, -0.2) is 38.0 Å². The Morgan fingerprint density at radius 1 is 1.26 bits per heavy atom. The summed E-state index contributed by atoms with van der Waals surface area (Å²) in [4.78, 5) is 6.60. The number of rotatable bonds is 6. The molecule has 8 heteroatoms. The van der Waals surface area contributed by atoms with Crippen LogP contribution in [0.3, 0.4) is 0 Å². The molecule has 2 N–H and O–H groups in total. The topological polar surface area (TPSA) is 69.3 Å². The molecule has 0 radical (unpaired) electrons. The average Bonchev–Trinajstić information content (AvgIpc) is 3.21. The molecule has 3 rings (SSSR count). The molecule has 0 aromatic carbocycles. The highest BCUT2D eigenvalue weighted by atomic mass is 35.5. The molecule has 0 amide bonds. The molecule has 31 heavy (non-hydrogen) atoms. The van der Waals surface area contributed by atoms with Crippen molar-refractivity contribution in [2.24, 2.45) is 0 Å². The van der Waals surface area contributed by atoms with E-state index < -0.39 is 0 Å². The van der Waals surface area contributed by atoms with Gasteiger partial charge in [0.25, 0.3) is 0 Å². The van der Waals surface area contributed by atoms with Gasteiger partial charge in [-0.1, -0.05) is 25.4 Å². The SMILES string of the molecule is CCC(CC)c1cc(C)nn2c(-c3sc(C(=N)N(NC)C(C)(C)C)cc3Cl)c(C)nc12. The van der Waals surface area contributed by atoms with Crippen molar-refractivity contribution in [2.75, 3.05) is 7.05 Å². The molecule has 0 bridgehead atoms. The number of halogens is 1. The predicted molar refractivity (Wildman–Crippen MR) is 132 cm³/mol. The van der Waals surface area contributed by atoms with Gasteiger partial charge >= 0.3 is 0 Å². The van der Waals surface area contributed by atoms with Gasteiger partial charge in [0.15, 0.2) is 11.5 Å². The average molecular weight is 461 g/mol. The second-order valence-electron chi connectivity index (χ2n) is 8.90. The summed E-state index contributed by atoms with van der Waals surface area (Å²) in [6.07, 6.45) is 2.12. The normalized spacial score (nSPS) is 12.2. The maximum absolute atomic E-state index is 8.75. The Bertz CT molecular complexity index is 1100. The lowest BCUT2D eigenvalue weighted by atomic mass is 9.95. The van der Waals surface area contributed by atoms with Gasteiger partial charge in [-0.2, -0.15) is 5.10 Å². The second kappa shape index (κ2) is 8.88. The van der Waals surface area contributed by atoms with Crippen molar-refractivity contribution in [2.45, 2.75) is 72.8 Å². The summed E-state index contributed by atoms with van der Waals surface area (Å²) in [5.41, 5.74) is 7.79. The lowest BCUT2D eigenvalue weighted by molar-refractivity contribution is 0.182.